The van der Waals surface area contributed by atoms with Crippen LogP contribution in [0.1, 0.15) is 5.69 Å². The van der Waals surface area contributed by atoms with Crippen LogP contribution in [0.4, 0.5) is 4.39 Å². The number of hydrogen-bond acceptors (Lipinski definition) is 2. The fourth-order valence-electron chi connectivity index (χ4n) is 1.52. The molecule has 0 saturated heterocycles. The van der Waals surface area contributed by atoms with Crippen molar-refractivity contribution >= 4 is 0 Å². The first-order valence-corrected chi connectivity index (χ1v) is 4.71. The van der Waals surface area contributed by atoms with Gasteiger partial charge in [0.25, 0.3) is 0 Å². The zero-order chi connectivity index (χ0) is 10.7. The summed E-state index contributed by atoms with van der Waals surface area (Å²) in [7, 11) is 0. The second kappa shape index (κ2) is 4.19. The lowest BCUT2D eigenvalue weighted by atomic mass is 10.0. The van der Waals surface area contributed by atoms with Crippen LogP contribution in [0.15, 0.2) is 42.6 Å². The normalized spacial score (nSPS) is 10.3. The minimum atomic E-state index is -0.251. The maximum atomic E-state index is 13.0. The first kappa shape index (κ1) is 9.80. The van der Waals surface area contributed by atoms with Gasteiger partial charge in [0.15, 0.2) is 0 Å². The van der Waals surface area contributed by atoms with Crippen LogP contribution in [0.2, 0.25) is 0 Å². The molecule has 3 heteroatoms. The minimum Gasteiger partial charge on any atom is -0.325 e. The summed E-state index contributed by atoms with van der Waals surface area (Å²) in [6, 6.07) is 10.1. The lowest BCUT2D eigenvalue weighted by molar-refractivity contribution is 0.628. The summed E-state index contributed by atoms with van der Waals surface area (Å²) < 4.78 is 13.0. The van der Waals surface area contributed by atoms with Crippen molar-refractivity contribution in [1.29, 1.82) is 0 Å². The molecule has 1 aromatic heterocycles. The molecule has 0 aliphatic carbocycles. The number of halogens is 1. The highest BCUT2D eigenvalue weighted by Crippen LogP contribution is 2.22. The van der Waals surface area contributed by atoms with E-state index in [0.717, 1.165) is 16.8 Å². The van der Waals surface area contributed by atoms with Gasteiger partial charge in [-0.3, -0.25) is 4.98 Å². The molecule has 0 bridgehead atoms. The molecular formula is C12H11FN2. The van der Waals surface area contributed by atoms with Gasteiger partial charge < -0.3 is 5.73 Å². The molecule has 2 nitrogen and oxygen atoms in total. The molecule has 0 radical (unpaired) electrons. The van der Waals surface area contributed by atoms with Crippen molar-refractivity contribution in [3.63, 3.8) is 0 Å². The van der Waals surface area contributed by atoms with E-state index in [1.165, 1.54) is 12.1 Å². The monoisotopic (exact) mass is 202 g/mol. The molecular weight excluding hydrogens is 191 g/mol. The van der Waals surface area contributed by atoms with E-state index < -0.39 is 0 Å². The van der Waals surface area contributed by atoms with Gasteiger partial charge in [0.2, 0.25) is 0 Å². The van der Waals surface area contributed by atoms with Gasteiger partial charge in [-0.15, -0.1) is 0 Å². The number of benzene rings is 1. The number of pyridine rings is 1. The zero-order valence-electron chi connectivity index (χ0n) is 8.15. The number of aromatic nitrogens is 1. The molecule has 0 spiro atoms. The van der Waals surface area contributed by atoms with Crippen LogP contribution in [0.3, 0.4) is 0 Å². The van der Waals surface area contributed by atoms with Crippen LogP contribution in [-0.2, 0) is 6.54 Å². The summed E-state index contributed by atoms with van der Waals surface area (Å²) in [5, 5.41) is 0. The number of rotatable bonds is 2. The molecule has 76 valence electrons. The van der Waals surface area contributed by atoms with E-state index in [0.29, 0.717) is 6.54 Å². The second-order valence-corrected chi connectivity index (χ2v) is 3.21. The molecule has 0 atom stereocenters. The molecule has 1 heterocycles. The molecule has 2 N–H and O–H groups in total. The fourth-order valence-corrected chi connectivity index (χ4v) is 1.52. The maximum Gasteiger partial charge on any atom is 0.123 e. The Morgan fingerprint density at radius 1 is 1.20 bits per heavy atom. The fraction of sp³-hybridized carbons (Fsp3) is 0.0833. The predicted octanol–water partition coefficient (Wildman–Crippen LogP) is 2.35. The number of nitrogens with zero attached hydrogens (tertiary/aromatic N) is 1. The van der Waals surface area contributed by atoms with Gasteiger partial charge in [-0.2, -0.15) is 0 Å². The predicted molar refractivity (Wildman–Crippen MR) is 57.5 cm³/mol. The Morgan fingerprint density at radius 2 is 2.07 bits per heavy atom. The molecule has 15 heavy (non-hydrogen) atoms. The van der Waals surface area contributed by atoms with E-state index in [1.54, 1.807) is 12.3 Å². The number of hydrogen-bond donors (Lipinski definition) is 1. The molecule has 0 unspecified atom stereocenters. The van der Waals surface area contributed by atoms with Crippen LogP contribution >= 0.6 is 0 Å². The smallest absolute Gasteiger partial charge is 0.123 e. The van der Waals surface area contributed by atoms with Crippen LogP contribution in [0.25, 0.3) is 11.1 Å². The molecule has 2 rings (SSSR count). The summed E-state index contributed by atoms with van der Waals surface area (Å²) in [5.74, 6) is -0.251. The van der Waals surface area contributed by atoms with E-state index in [-0.39, 0.29) is 5.82 Å². The van der Waals surface area contributed by atoms with Gasteiger partial charge in [0.1, 0.15) is 5.82 Å². The highest BCUT2D eigenvalue weighted by Gasteiger charge is 2.04. The Bertz CT molecular complexity index is 469. The van der Waals surface area contributed by atoms with Crippen molar-refractivity contribution in [2.75, 3.05) is 0 Å². The summed E-state index contributed by atoms with van der Waals surface area (Å²) in [6.45, 7) is 0.354. The Labute approximate surface area is 87.6 Å². The first-order chi connectivity index (χ1) is 7.31. The third-order valence-corrected chi connectivity index (χ3v) is 2.22. The van der Waals surface area contributed by atoms with E-state index in [9.17, 15) is 4.39 Å². The van der Waals surface area contributed by atoms with Gasteiger partial charge in [-0.05, 0) is 23.8 Å². The Kier molecular flexibility index (Phi) is 2.74. The van der Waals surface area contributed by atoms with E-state index in [2.05, 4.69) is 4.98 Å². The summed E-state index contributed by atoms with van der Waals surface area (Å²) in [5.41, 5.74) is 8.05. The van der Waals surface area contributed by atoms with Gasteiger partial charge in [0, 0.05) is 18.3 Å². The quantitative estimate of drug-likeness (QED) is 0.811. The summed E-state index contributed by atoms with van der Waals surface area (Å²) >= 11 is 0. The van der Waals surface area contributed by atoms with Crippen molar-refractivity contribution < 1.29 is 4.39 Å². The van der Waals surface area contributed by atoms with Gasteiger partial charge >= 0.3 is 0 Å². The third kappa shape index (κ3) is 2.02. The molecule has 0 fully saturated rings. The summed E-state index contributed by atoms with van der Waals surface area (Å²) in [4.78, 5) is 4.16. The molecule has 2 aromatic rings. The Hall–Kier alpha value is -1.74. The van der Waals surface area contributed by atoms with Crippen LogP contribution in [0.5, 0.6) is 0 Å². The zero-order valence-corrected chi connectivity index (χ0v) is 8.15. The molecule has 0 aliphatic rings. The summed E-state index contributed by atoms with van der Waals surface area (Å²) in [6.07, 6.45) is 1.69. The van der Waals surface area contributed by atoms with Crippen LogP contribution in [-0.4, -0.2) is 4.98 Å². The Balaban J connectivity index is 2.53. The van der Waals surface area contributed by atoms with Gasteiger partial charge in [-0.1, -0.05) is 18.2 Å². The van der Waals surface area contributed by atoms with Crippen molar-refractivity contribution in [2.45, 2.75) is 6.54 Å². The van der Waals surface area contributed by atoms with Crippen LogP contribution < -0.4 is 5.73 Å². The standard InChI is InChI=1S/C12H11FN2/c13-10-4-1-3-9(7-10)11-5-2-6-15-12(11)8-14/h1-7H,8,14H2. The lowest BCUT2D eigenvalue weighted by Gasteiger charge is -2.06. The SMILES string of the molecule is NCc1ncccc1-c1cccc(F)c1. The maximum absolute atomic E-state index is 13.0. The van der Waals surface area contributed by atoms with Crippen molar-refractivity contribution in [2.24, 2.45) is 5.73 Å². The van der Waals surface area contributed by atoms with E-state index in [4.69, 9.17) is 5.73 Å². The largest absolute Gasteiger partial charge is 0.325 e. The average Bonchev–Trinajstić information content (AvgIpc) is 2.29. The topological polar surface area (TPSA) is 38.9 Å². The average molecular weight is 202 g/mol. The molecule has 0 saturated carbocycles. The highest BCUT2D eigenvalue weighted by atomic mass is 19.1. The molecule has 1 aromatic carbocycles. The van der Waals surface area contributed by atoms with E-state index >= 15 is 0 Å². The second-order valence-electron chi connectivity index (χ2n) is 3.21. The van der Waals surface area contributed by atoms with Crippen LogP contribution in [0, 0.1) is 5.82 Å². The Morgan fingerprint density at radius 3 is 2.80 bits per heavy atom. The lowest BCUT2D eigenvalue weighted by Crippen LogP contribution is -2.01. The number of nitrogens with two attached hydrogens (primary N) is 1. The first-order valence-electron chi connectivity index (χ1n) is 4.71. The highest BCUT2D eigenvalue weighted by molar-refractivity contribution is 5.65. The third-order valence-electron chi connectivity index (χ3n) is 2.22. The van der Waals surface area contributed by atoms with Gasteiger partial charge in [-0.25, -0.2) is 4.39 Å². The van der Waals surface area contributed by atoms with Crippen molar-refractivity contribution in [3.05, 3.63) is 54.1 Å². The van der Waals surface area contributed by atoms with Crippen molar-refractivity contribution in [1.82, 2.24) is 4.98 Å². The van der Waals surface area contributed by atoms with Crippen molar-refractivity contribution in [3.8, 4) is 11.1 Å². The minimum absolute atomic E-state index is 0.251. The van der Waals surface area contributed by atoms with Gasteiger partial charge in [0.05, 0.1) is 5.69 Å². The molecule has 0 aliphatic heterocycles. The van der Waals surface area contributed by atoms with E-state index in [1.807, 2.05) is 18.2 Å². The molecule has 0 amide bonds.